The molecule has 0 spiro atoms. The molecule has 0 aromatic heterocycles. The van der Waals surface area contributed by atoms with Crippen LogP contribution in [0.15, 0.2) is 0 Å². The van der Waals surface area contributed by atoms with Gasteiger partial charge in [-0.2, -0.15) is 0 Å². The smallest absolute Gasteiger partial charge is 0.364 e. The van der Waals surface area contributed by atoms with E-state index in [4.69, 9.17) is 10.2 Å². The van der Waals surface area contributed by atoms with Crippen LogP contribution in [0.3, 0.4) is 0 Å². The van der Waals surface area contributed by atoms with Crippen LogP contribution < -0.4 is 0 Å². The molecule has 18 heavy (non-hydrogen) atoms. The molecule has 0 aliphatic carbocycles. The first kappa shape index (κ1) is 15.2. The summed E-state index contributed by atoms with van der Waals surface area (Å²) in [6, 6.07) is 0. The number of carboxylic acid groups (broad SMARTS) is 1. The Kier molecular flexibility index (Phi) is 4.61. The number of aliphatic hydroxyl groups is 6. The van der Waals surface area contributed by atoms with Crippen molar-refractivity contribution in [2.45, 2.75) is 42.7 Å². The van der Waals surface area contributed by atoms with Crippen LogP contribution in [0.5, 0.6) is 0 Å². The average Bonchev–Trinajstić information content (AvgIpc) is 2.31. The van der Waals surface area contributed by atoms with E-state index < -0.39 is 55.3 Å². The van der Waals surface area contributed by atoms with Gasteiger partial charge in [0.2, 0.25) is 0 Å². The SMILES string of the molecule is O=C(O)C1(O)CC(O)C(O)C(C(O)C(O)CO)O1. The minimum atomic E-state index is -2.78. The summed E-state index contributed by atoms with van der Waals surface area (Å²) >= 11 is 0. The number of hydrogen-bond donors (Lipinski definition) is 7. The Morgan fingerprint density at radius 1 is 1.39 bits per heavy atom. The molecule has 1 heterocycles. The van der Waals surface area contributed by atoms with E-state index >= 15 is 0 Å². The first-order valence-electron chi connectivity index (χ1n) is 5.19. The zero-order valence-electron chi connectivity index (χ0n) is 9.25. The zero-order valence-corrected chi connectivity index (χ0v) is 9.25. The highest BCUT2D eigenvalue weighted by atomic mass is 16.7. The Bertz CT molecular complexity index is 308. The van der Waals surface area contributed by atoms with Gasteiger partial charge in [0.1, 0.15) is 24.4 Å². The van der Waals surface area contributed by atoms with E-state index in [9.17, 15) is 30.3 Å². The number of hydrogen-bond acceptors (Lipinski definition) is 8. The molecule has 6 atom stereocenters. The molecule has 9 nitrogen and oxygen atoms in total. The van der Waals surface area contributed by atoms with Crippen molar-refractivity contribution in [3.05, 3.63) is 0 Å². The molecule has 0 amide bonds. The Labute approximate surface area is 101 Å². The maximum absolute atomic E-state index is 10.8. The first-order chi connectivity index (χ1) is 8.23. The Morgan fingerprint density at radius 2 is 1.94 bits per heavy atom. The lowest BCUT2D eigenvalue weighted by Crippen LogP contribution is -2.63. The number of aliphatic carboxylic acids is 1. The van der Waals surface area contributed by atoms with Gasteiger partial charge in [0, 0.05) is 6.42 Å². The van der Waals surface area contributed by atoms with Crippen molar-refractivity contribution in [3.63, 3.8) is 0 Å². The van der Waals surface area contributed by atoms with Crippen LogP contribution in [-0.4, -0.2) is 84.6 Å². The minimum Gasteiger partial charge on any atom is -0.477 e. The minimum absolute atomic E-state index is 0.790. The van der Waals surface area contributed by atoms with Crippen LogP contribution in [0.4, 0.5) is 0 Å². The second-order valence-corrected chi connectivity index (χ2v) is 4.17. The molecule has 6 unspecified atom stereocenters. The Balaban J connectivity index is 2.92. The van der Waals surface area contributed by atoms with Crippen LogP contribution in [0.1, 0.15) is 6.42 Å². The highest BCUT2D eigenvalue weighted by Crippen LogP contribution is 2.30. The van der Waals surface area contributed by atoms with Gasteiger partial charge in [0.25, 0.3) is 5.79 Å². The summed E-state index contributed by atoms with van der Waals surface area (Å²) in [7, 11) is 0. The Morgan fingerprint density at radius 3 is 2.39 bits per heavy atom. The van der Waals surface area contributed by atoms with Crippen molar-refractivity contribution < 1.29 is 45.3 Å². The number of aliphatic hydroxyl groups excluding tert-OH is 5. The van der Waals surface area contributed by atoms with Gasteiger partial charge in [-0.05, 0) is 0 Å². The average molecular weight is 268 g/mol. The molecule has 7 N–H and O–H groups in total. The number of ether oxygens (including phenoxy) is 1. The molecular weight excluding hydrogens is 252 g/mol. The highest BCUT2D eigenvalue weighted by molar-refractivity contribution is 5.75. The van der Waals surface area contributed by atoms with Crippen LogP contribution >= 0.6 is 0 Å². The summed E-state index contributed by atoms with van der Waals surface area (Å²) in [5.41, 5.74) is 0. The molecule has 1 aliphatic heterocycles. The standard InChI is InChI=1S/C9H16O9/c10-2-4(12)6(14)7-5(13)3(11)1-9(17,18-7)8(15)16/h3-7,10-14,17H,1-2H2,(H,15,16). The first-order valence-corrected chi connectivity index (χ1v) is 5.19. The maximum Gasteiger partial charge on any atom is 0.364 e. The quantitative estimate of drug-likeness (QED) is 0.268. The summed E-state index contributed by atoms with van der Waals surface area (Å²) < 4.78 is 4.63. The van der Waals surface area contributed by atoms with Crippen LogP contribution in [-0.2, 0) is 9.53 Å². The summed E-state index contributed by atoms with van der Waals surface area (Å²) in [6.45, 7) is -0.866. The number of rotatable bonds is 4. The third-order valence-electron chi connectivity index (χ3n) is 2.80. The molecule has 1 saturated heterocycles. The normalized spacial score (nSPS) is 40.2. The van der Waals surface area contributed by atoms with E-state index in [2.05, 4.69) is 4.74 Å². The molecule has 0 aromatic carbocycles. The van der Waals surface area contributed by atoms with E-state index in [1.165, 1.54) is 0 Å². The summed E-state index contributed by atoms with van der Waals surface area (Å²) in [6.07, 6.45) is -9.50. The second-order valence-electron chi connectivity index (χ2n) is 4.17. The van der Waals surface area contributed by atoms with Gasteiger partial charge < -0.3 is 40.5 Å². The number of carbonyl (C=O) groups is 1. The van der Waals surface area contributed by atoms with E-state index in [1.54, 1.807) is 0 Å². The lowest BCUT2D eigenvalue weighted by Gasteiger charge is -2.42. The zero-order chi connectivity index (χ0) is 14.1. The largest absolute Gasteiger partial charge is 0.477 e. The fraction of sp³-hybridized carbons (Fsp3) is 0.889. The van der Waals surface area contributed by atoms with Crippen molar-refractivity contribution in [2.24, 2.45) is 0 Å². The third kappa shape index (κ3) is 2.78. The van der Waals surface area contributed by atoms with Gasteiger partial charge >= 0.3 is 5.97 Å². The molecule has 9 heteroatoms. The topological polar surface area (TPSA) is 168 Å². The fourth-order valence-corrected chi connectivity index (χ4v) is 1.70. The molecule has 0 radical (unpaired) electrons. The van der Waals surface area contributed by atoms with Crippen molar-refractivity contribution >= 4 is 5.97 Å². The fourth-order valence-electron chi connectivity index (χ4n) is 1.70. The molecular formula is C9H16O9. The van der Waals surface area contributed by atoms with E-state index in [0.29, 0.717) is 0 Å². The van der Waals surface area contributed by atoms with Crippen LogP contribution in [0.25, 0.3) is 0 Å². The van der Waals surface area contributed by atoms with Gasteiger partial charge in [-0.3, -0.25) is 0 Å². The van der Waals surface area contributed by atoms with Crippen molar-refractivity contribution in [2.75, 3.05) is 6.61 Å². The van der Waals surface area contributed by atoms with E-state index in [-0.39, 0.29) is 0 Å². The maximum atomic E-state index is 10.8. The van der Waals surface area contributed by atoms with Gasteiger partial charge in [0.15, 0.2) is 0 Å². The van der Waals surface area contributed by atoms with Gasteiger partial charge in [-0.1, -0.05) is 0 Å². The molecule has 0 bridgehead atoms. The summed E-state index contributed by atoms with van der Waals surface area (Å²) in [4.78, 5) is 10.8. The molecule has 0 saturated carbocycles. The monoisotopic (exact) mass is 268 g/mol. The van der Waals surface area contributed by atoms with Crippen molar-refractivity contribution in [1.29, 1.82) is 0 Å². The van der Waals surface area contributed by atoms with E-state index in [0.717, 1.165) is 0 Å². The highest BCUT2D eigenvalue weighted by Gasteiger charge is 2.53. The Hall–Kier alpha value is -0.810. The summed E-state index contributed by atoms with van der Waals surface area (Å²) in [5, 5.41) is 64.6. The third-order valence-corrected chi connectivity index (χ3v) is 2.80. The molecule has 1 rings (SSSR count). The van der Waals surface area contributed by atoms with E-state index in [1.807, 2.05) is 0 Å². The lowest BCUT2D eigenvalue weighted by atomic mass is 9.91. The van der Waals surface area contributed by atoms with Crippen molar-refractivity contribution in [3.8, 4) is 0 Å². The van der Waals surface area contributed by atoms with Crippen LogP contribution in [0, 0.1) is 0 Å². The lowest BCUT2D eigenvalue weighted by molar-refractivity contribution is -0.312. The molecule has 106 valence electrons. The molecule has 0 aromatic rings. The second kappa shape index (κ2) is 5.45. The molecule has 1 aliphatic rings. The van der Waals surface area contributed by atoms with Crippen molar-refractivity contribution in [1.82, 2.24) is 0 Å². The van der Waals surface area contributed by atoms with Crippen LogP contribution in [0.2, 0.25) is 0 Å². The van der Waals surface area contributed by atoms with Gasteiger partial charge in [-0.25, -0.2) is 4.79 Å². The summed E-state index contributed by atoms with van der Waals surface area (Å²) in [5.74, 6) is -4.58. The van der Waals surface area contributed by atoms with Gasteiger partial charge in [0.05, 0.1) is 12.7 Å². The molecule has 1 fully saturated rings. The number of carboxylic acids is 1. The predicted octanol–water partition coefficient (Wildman–Crippen LogP) is -4.02. The predicted molar refractivity (Wildman–Crippen MR) is 53.2 cm³/mol. The van der Waals surface area contributed by atoms with Gasteiger partial charge in [-0.15, -0.1) is 0 Å².